The van der Waals surface area contributed by atoms with Crippen LogP contribution in [0.5, 0.6) is 0 Å². The molecule has 0 aliphatic heterocycles. The van der Waals surface area contributed by atoms with E-state index in [9.17, 15) is 0 Å². The smallest absolute Gasteiger partial charge is 0.0431 e. The van der Waals surface area contributed by atoms with Crippen molar-refractivity contribution in [2.45, 2.75) is 25.3 Å². The lowest BCUT2D eigenvalue weighted by Gasteiger charge is -2.00. The lowest BCUT2D eigenvalue weighted by molar-refractivity contribution is 0.282. The molecule has 1 unspecified atom stereocenters. The lowest BCUT2D eigenvalue weighted by Crippen LogP contribution is -2.14. The summed E-state index contributed by atoms with van der Waals surface area (Å²) in [7, 11) is 0. The van der Waals surface area contributed by atoms with E-state index in [0.717, 1.165) is 19.3 Å². The third-order valence-corrected chi connectivity index (χ3v) is 0.983. The van der Waals surface area contributed by atoms with Gasteiger partial charge in [-0.25, -0.2) is 0 Å². The minimum absolute atomic E-state index is 0.0431. The summed E-state index contributed by atoms with van der Waals surface area (Å²) in [5.74, 6) is 0. The minimum Gasteiger partial charge on any atom is -0.396 e. The first kappa shape index (κ1) is 7.92. The van der Waals surface area contributed by atoms with Crippen LogP contribution in [0.1, 0.15) is 19.3 Å². The van der Waals surface area contributed by atoms with Crippen LogP contribution in [0.4, 0.5) is 0 Å². The molecule has 1 radical (unpaired) electrons. The van der Waals surface area contributed by atoms with Gasteiger partial charge in [-0.15, -0.1) is 0 Å². The third-order valence-electron chi connectivity index (χ3n) is 0.983. The topological polar surface area (TPSA) is 46.2 Å². The highest BCUT2D eigenvalue weighted by Gasteiger charge is 1.91. The van der Waals surface area contributed by atoms with Gasteiger partial charge in [0.05, 0.1) is 0 Å². The Balaban J connectivity index is 2.72. The van der Waals surface area contributed by atoms with E-state index >= 15 is 0 Å². The molecule has 3 N–H and O–H groups in total. The average Bonchev–Trinajstić information content (AvgIpc) is 1.66. The summed E-state index contributed by atoms with van der Waals surface area (Å²) in [5.41, 5.74) is 5.34. The Kier molecular flexibility index (Phi) is 5.01. The molecule has 49 valence electrons. The number of aliphatic hydroxyl groups is 1. The summed E-state index contributed by atoms with van der Waals surface area (Å²) < 4.78 is 0. The highest BCUT2D eigenvalue weighted by Crippen LogP contribution is 1.95. The van der Waals surface area contributed by atoms with Gasteiger partial charge in [-0.2, -0.15) is 0 Å². The maximum Gasteiger partial charge on any atom is 0.0431 e. The number of hydrogen-bond acceptors (Lipinski definition) is 2. The largest absolute Gasteiger partial charge is 0.396 e. The summed E-state index contributed by atoms with van der Waals surface area (Å²) >= 11 is 0. The zero-order valence-corrected chi connectivity index (χ0v) is 5.14. The van der Waals surface area contributed by atoms with Gasteiger partial charge < -0.3 is 10.8 Å². The Labute approximate surface area is 50.7 Å². The quantitative estimate of drug-likeness (QED) is 0.519. The van der Waals surface area contributed by atoms with Crippen LogP contribution in [-0.2, 0) is 0 Å². The van der Waals surface area contributed by atoms with E-state index in [-0.39, 0.29) is 12.6 Å². The first-order chi connectivity index (χ1) is 3.77. The van der Waals surface area contributed by atoms with Crippen molar-refractivity contribution < 1.29 is 5.11 Å². The summed E-state index contributed by atoms with van der Waals surface area (Å²) in [4.78, 5) is 0. The molecule has 0 aromatic rings. The van der Waals surface area contributed by atoms with Crippen molar-refractivity contribution >= 4 is 0 Å². The summed E-state index contributed by atoms with van der Waals surface area (Å²) in [6.07, 6.45) is 2.75. The van der Waals surface area contributed by atoms with Crippen LogP contribution in [0.2, 0.25) is 0 Å². The molecule has 1 atom stereocenters. The Morgan fingerprint density at radius 3 is 2.50 bits per heavy atom. The van der Waals surface area contributed by atoms with E-state index in [1.54, 1.807) is 0 Å². The Morgan fingerprint density at radius 2 is 2.12 bits per heavy atom. The van der Waals surface area contributed by atoms with E-state index in [1.165, 1.54) is 0 Å². The van der Waals surface area contributed by atoms with Gasteiger partial charge in [-0.3, -0.25) is 0 Å². The Bertz CT molecular complexity index is 45.8. The second-order valence-electron chi connectivity index (χ2n) is 1.98. The first-order valence-corrected chi connectivity index (χ1v) is 2.97. The fourth-order valence-electron chi connectivity index (χ4n) is 0.518. The van der Waals surface area contributed by atoms with E-state index in [1.807, 2.05) is 0 Å². The van der Waals surface area contributed by atoms with Crippen molar-refractivity contribution in [1.29, 1.82) is 0 Å². The zero-order valence-electron chi connectivity index (χ0n) is 5.14. The Hall–Kier alpha value is -0.0800. The van der Waals surface area contributed by atoms with Crippen molar-refractivity contribution in [3.05, 3.63) is 6.92 Å². The molecule has 0 saturated heterocycles. The molecule has 0 heterocycles. The van der Waals surface area contributed by atoms with Gasteiger partial charge in [-0.05, 0) is 26.2 Å². The molecule has 0 aliphatic rings. The Morgan fingerprint density at radius 1 is 1.50 bits per heavy atom. The monoisotopic (exact) mass is 116 g/mol. The number of rotatable bonds is 4. The first-order valence-electron chi connectivity index (χ1n) is 2.97. The second kappa shape index (κ2) is 5.06. The van der Waals surface area contributed by atoms with Crippen LogP contribution in [-0.4, -0.2) is 17.8 Å². The van der Waals surface area contributed by atoms with E-state index in [4.69, 9.17) is 10.8 Å². The molecule has 8 heavy (non-hydrogen) atoms. The van der Waals surface area contributed by atoms with Crippen LogP contribution >= 0.6 is 0 Å². The molecular formula is C6H14NO. The highest BCUT2D eigenvalue weighted by molar-refractivity contribution is 4.61. The molecule has 0 amide bonds. The SMILES string of the molecule is [CH2]C(N)CCCCO. The molecule has 2 heteroatoms. The summed E-state index contributed by atoms with van der Waals surface area (Å²) in [6.45, 7) is 3.88. The second-order valence-corrected chi connectivity index (χ2v) is 1.98. The molecule has 0 fully saturated rings. The van der Waals surface area contributed by atoms with Gasteiger partial charge in [0.1, 0.15) is 0 Å². The number of hydrogen-bond donors (Lipinski definition) is 2. The normalized spacial score (nSPS) is 13.9. The lowest BCUT2D eigenvalue weighted by atomic mass is 10.1. The minimum atomic E-state index is 0.0431. The van der Waals surface area contributed by atoms with Gasteiger partial charge in [0.2, 0.25) is 0 Å². The number of aliphatic hydroxyl groups excluding tert-OH is 1. The molecule has 0 saturated carbocycles. The van der Waals surface area contributed by atoms with Crippen molar-refractivity contribution in [1.82, 2.24) is 0 Å². The van der Waals surface area contributed by atoms with Crippen LogP contribution in [0.15, 0.2) is 0 Å². The van der Waals surface area contributed by atoms with Crippen molar-refractivity contribution in [3.63, 3.8) is 0 Å². The van der Waals surface area contributed by atoms with Gasteiger partial charge in [0.25, 0.3) is 0 Å². The van der Waals surface area contributed by atoms with Crippen molar-refractivity contribution in [2.24, 2.45) is 5.73 Å². The molecule has 2 nitrogen and oxygen atoms in total. The molecule has 0 spiro atoms. The molecule has 0 aliphatic carbocycles. The average molecular weight is 116 g/mol. The fourth-order valence-corrected chi connectivity index (χ4v) is 0.518. The van der Waals surface area contributed by atoms with Gasteiger partial charge >= 0.3 is 0 Å². The predicted octanol–water partition coefficient (Wildman–Crippen LogP) is 0.310. The summed E-state index contributed by atoms with van der Waals surface area (Å²) in [6, 6.07) is 0.0431. The maximum atomic E-state index is 8.32. The molecule has 0 aromatic heterocycles. The molecule has 0 rings (SSSR count). The fraction of sp³-hybridized carbons (Fsp3) is 0.833. The molecule has 0 bridgehead atoms. The third kappa shape index (κ3) is 5.92. The number of nitrogens with two attached hydrogens (primary N) is 1. The zero-order chi connectivity index (χ0) is 6.41. The van der Waals surface area contributed by atoms with Gasteiger partial charge in [0.15, 0.2) is 0 Å². The molecule has 0 aromatic carbocycles. The van der Waals surface area contributed by atoms with Crippen LogP contribution < -0.4 is 5.73 Å². The van der Waals surface area contributed by atoms with Gasteiger partial charge in [0, 0.05) is 12.6 Å². The van der Waals surface area contributed by atoms with E-state index in [2.05, 4.69) is 6.92 Å². The maximum absolute atomic E-state index is 8.32. The van der Waals surface area contributed by atoms with E-state index < -0.39 is 0 Å². The van der Waals surface area contributed by atoms with Crippen LogP contribution in [0, 0.1) is 6.92 Å². The summed E-state index contributed by atoms with van der Waals surface area (Å²) in [5, 5.41) is 8.32. The van der Waals surface area contributed by atoms with E-state index in [0.29, 0.717) is 0 Å². The highest BCUT2D eigenvalue weighted by atomic mass is 16.2. The standard InChI is InChI=1S/C6H14NO/c1-6(7)4-2-3-5-8/h6,8H,1-5,7H2. The van der Waals surface area contributed by atoms with Crippen LogP contribution in [0.3, 0.4) is 0 Å². The molecular weight excluding hydrogens is 102 g/mol. The number of unbranched alkanes of at least 4 members (excludes halogenated alkanes) is 1. The van der Waals surface area contributed by atoms with Crippen LogP contribution in [0.25, 0.3) is 0 Å². The van der Waals surface area contributed by atoms with Gasteiger partial charge in [-0.1, -0.05) is 0 Å². The van der Waals surface area contributed by atoms with Crippen molar-refractivity contribution in [3.8, 4) is 0 Å². The van der Waals surface area contributed by atoms with Crippen molar-refractivity contribution in [2.75, 3.05) is 6.61 Å². The predicted molar refractivity (Wildman–Crippen MR) is 34.3 cm³/mol.